The molecule has 2 aromatic rings. The lowest BCUT2D eigenvalue weighted by Crippen LogP contribution is -2.41. The lowest BCUT2D eigenvalue weighted by molar-refractivity contribution is 0.165. The van der Waals surface area contributed by atoms with Gasteiger partial charge in [0.1, 0.15) is 0 Å². The molecule has 0 unspecified atom stereocenters. The van der Waals surface area contributed by atoms with E-state index in [1.165, 1.54) is 0 Å². The molecule has 5 nitrogen and oxygen atoms in total. The Morgan fingerprint density at radius 3 is 2.52 bits per heavy atom. The van der Waals surface area contributed by atoms with Crippen molar-refractivity contribution in [2.45, 2.75) is 31.7 Å². The van der Waals surface area contributed by atoms with E-state index in [2.05, 4.69) is 33.3 Å². The van der Waals surface area contributed by atoms with Crippen LogP contribution >= 0.6 is 0 Å². The SMILES string of the molecule is Cc1nnc(CN2CCC(C#N)(c3ccccc3)CC2)o1. The van der Waals surface area contributed by atoms with Crippen molar-refractivity contribution < 1.29 is 4.42 Å². The van der Waals surface area contributed by atoms with Crippen LogP contribution in [0.4, 0.5) is 0 Å². The quantitative estimate of drug-likeness (QED) is 0.865. The Hall–Kier alpha value is -2.19. The van der Waals surface area contributed by atoms with E-state index in [1.54, 1.807) is 6.92 Å². The van der Waals surface area contributed by atoms with Gasteiger partial charge in [-0.15, -0.1) is 10.2 Å². The third-order valence-electron chi connectivity index (χ3n) is 4.18. The predicted molar refractivity (Wildman–Crippen MR) is 77.3 cm³/mol. The van der Waals surface area contributed by atoms with Crippen molar-refractivity contribution >= 4 is 0 Å². The summed E-state index contributed by atoms with van der Waals surface area (Å²) in [6, 6.07) is 12.6. The third-order valence-corrected chi connectivity index (χ3v) is 4.18. The highest BCUT2D eigenvalue weighted by Crippen LogP contribution is 2.35. The van der Waals surface area contributed by atoms with E-state index in [0.717, 1.165) is 31.5 Å². The summed E-state index contributed by atoms with van der Waals surface area (Å²) in [4.78, 5) is 2.27. The molecule has 0 N–H and O–H groups in total. The Morgan fingerprint density at radius 1 is 1.24 bits per heavy atom. The minimum absolute atomic E-state index is 0.359. The molecule has 2 heterocycles. The van der Waals surface area contributed by atoms with Gasteiger partial charge in [0.05, 0.1) is 18.0 Å². The van der Waals surface area contributed by atoms with Gasteiger partial charge in [-0.25, -0.2) is 0 Å². The first-order valence-electron chi connectivity index (χ1n) is 7.20. The number of nitrogens with zero attached hydrogens (tertiary/aromatic N) is 4. The van der Waals surface area contributed by atoms with Gasteiger partial charge in [-0.3, -0.25) is 4.90 Å². The van der Waals surface area contributed by atoms with E-state index in [9.17, 15) is 5.26 Å². The molecule has 5 heteroatoms. The molecule has 0 saturated carbocycles. The molecule has 3 rings (SSSR count). The number of hydrogen-bond acceptors (Lipinski definition) is 5. The van der Waals surface area contributed by atoms with Crippen molar-refractivity contribution in [3.8, 4) is 6.07 Å². The third kappa shape index (κ3) is 2.81. The van der Waals surface area contributed by atoms with Gasteiger partial charge >= 0.3 is 0 Å². The topological polar surface area (TPSA) is 66.0 Å². The van der Waals surface area contributed by atoms with Crippen molar-refractivity contribution in [2.75, 3.05) is 13.1 Å². The first-order chi connectivity index (χ1) is 10.2. The molecule has 0 atom stereocenters. The molecule has 1 aliphatic heterocycles. The largest absolute Gasteiger partial charge is 0.424 e. The highest BCUT2D eigenvalue weighted by molar-refractivity contribution is 5.33. The van der Waals surface area contributed by atoms with E-state index in [-0.39, 0.29) is 5.41 Å². The van der Waals surface area contributed by atoms with Crippen molar-refractivity contribution in [2.24, 2.45) is 0 Å². The predicted octanol–water partition coefficient (Wildman–Crippen LogP) is 2.44. The van der Waals surface area contributed by atoms with Gasteiger partial charge < -0.3 is 4.42 Å². The first-order valence-corrected chi connectivity index (χ1v) is 7.20. The highest BCUT2D eigenvalue weighted by atomic mass is 16.4. The minimum Gasteiger partial charge on any atom is -0.424 e. The fraction of sp³-hybridized carbons (Fsp3) is 0.438. The normalized spacial score (nSPS) is 18.3. The number of piperidine rings is 1. The summed E-state index contributed by atoms with van der Waals surface area (Å²) in [5.74, 6) is 1.24. The second-order valence-corrected chi connectivity index (χ2v) is 5.55. The molecule has 1 aromatic carbocycles. The summed E-state index contributed by atoms with van der Waals surface area (Å²) in [7, 11) is 0. The van der Waals surface area contributed by atoms with Crippen LogP contribution in [0.5, 0.6) is 0 Å². The number of aryl methyl sites for hydroxylation is 1. The van der Waals surface area contributed by atoms with E-state index in [4.69, 9.17) is 4.42 Å². The maximum atomic E-state index is 9.66. The van der Waals surface area contributed by atoms with Crippen LogP contribution in [0.15, 0.2) is 34.7 Å². The van der Waals surface area contributed by atoms with Gasteiger partial charge in [0.15, 0.2) is 0 Å². The van der Waals surface area contributed by atoms with Gasteiger partial charge in [-0.05, 0) is 18.4 Å². The standard InChI is InChI=1S/C16H18N4O/c1-13-18-19-15(21-13)11-20-9-7-16(12-17,8-10-20)14-5-3-2-4-6-14/h2-6H,7-11H2,1H3. The van der Waals surface area contributed by atoms with Crippen molar-refractivity contribution in [1.82, 2.24) is 15.1 Å². The number of aromatic nitrogens is 2. The van der Waals surface area contributed by atoms with E-state index in [1.807, 2.05) is 18.2 Å². The lowest BCUT2D eigenvalue weighted by atomic mass is 9.74. The van der Waals surface area contributed by atoms with Crippen molar-refractivity contribution in [1.29, 1.82) is 5.26 Å². The summed E-state index contributed by atoms with van der Waals surface area (Å²) >= 11 is 0. The molecule has 1 saturated heterocycles. The van der Waals surface area contributed by atoms with Gasteiger partial charge in [0, 0.05) is 20.0 Å². The van der Waals surface area contributed by atoms with Crippen LogP contribution in [0, 0.1) is 18.3 Å². The molecular formula is C16H18N4O. The zero-order valence-electron chi connectivity index (χ0n) is 12.1. The molecule has 108 valence electrons. The Morgan fingerprint density at radius 2 is 1.95 bits per heavy atom. The molecule has 0 bridgehead atoms. The van der Waals surface area contributed by atoms with Crippen LogP contribution in [-0.2, 0) is 12.0 Å². The van der Waals surface area contributed by atoms with Crippen LogP contribution in [0.3, 0.4) is 0 Å². The Balaban J connectivity index is 1.68. The zero-order valence-corrected chi connectivity index (χ0v) is 12.1. The Kier molecular flexibility index (Phi) is 3.72. The Bertz CT molecular complexity index is 636. The number of nitriles is 1. The number of hydrogen-bond donors (Lipinski definition) is 0. The molecule has 0 spiro atoms. The summed E-state index contributed by atoms with van der Waals surface area (Å²) in [5.41, 5.74) is 0.767. The summed E-state index contributed by atoms with van der Waals surface area (Å²) in [5, 5.41) is 17.5. The number of benzene rings is 1. The molecule has 0 amide bonds. The fourth-order valence-electron chi connectivity index (χ4n) is 2.91. The minimum atomic E-state index is -0.359. The molecule has 21 heavy (non-hydrogen) atoms. The zero-order chi connectivity index (χ0) is 14.7. The number of rotatable bonds is 3. The molecule has 1 aliphatic rings. The monoisotopic (exact) mass is 282 g/mol. The van der Waals surface area contributed by atoms with E-state index in [0.29, 0.717) is 18.3 Å². The van der Waals surface area contributed by atoms with Crippen molar-refractivity contribution in [3.63, 3.8) is 0 Å². The lowest BCUT2D eigenvalue weighted by Gasteiger charge is -2.37. The fourth-order valence-corrected chi connectivity index (χ4v) is 2.91. The molecule has 0 aliphatic carbocycles. The van der Waals surface area contributed by atoms with Gasteiger partial charge in [-0.2, -0.15) is 5.26 Å². The molecular weight excluding hydrogens is 264 g/mol. The van der Waals surface area contributed by atoms with E-state index < -0.39 is 0 Å². The molecule has 1 aromatic heterocycles. The smallest absolute Gasteiger partial charge is 0.230 e. The molecule has 0 radical (unpaired) electrons. The van der Waals surface area contributed by atoms with Gasteiger partial charge in [0.2, 0.25) is 11.8 Å². The van der Waals surface area contributed by atoms with Crippen LogP contribution in [0.1, 0.15) is 30.2 Å². The average molecular weight is 282 g/mol. The highest BCUT2D eigenvalue weighted by Gasteiger charge is 2.36. The van der Waals surface area contributed by atoms with Crippen LogP contribution < -0.4 is 0 Å². The number of likely N-dealkylation sites (tertiary alicyclic amines) is 1. The maximum Gasteiger partial charge on any atom is 0.230 e. The average Bonchev–Trinajstić information content (AvgIpc) is 2.94. The van der Waals surface area contributed by atoms with Crippen molar-refractivity contribution in [3.05, 3.63) is 47.7 Å². The second kappa shape index (κ2) is 5.66. The van der Waals surface area contributed by atoms with Crippen LogP contribution in [0.2, 0.25) is 0 Å². The van der Waals surface area contributed by atoms with Gasteiger partial charge in [0.25, 0.3) is 0 Å². The van der Waals surface area contributed by atoms with E-state index >= 15 is 0 Å². The summed E-state index contributed by atoms with van der Waals surface area (Å²) < 4.78 is 5.42. The maximum absolute atomic E-state index is 9.66. The summed E-state index contributed by atoms with van der Waals surface area (Å²) in [6.45, 7) is 4.19. The van der Waals surface area contributed by atoms with Crippen LogP contribution in [0.25, 0.3) is 0 Å². The van der Waals surface area contributed by atoms with Gasteiger partial charge in [-0.1, -0.05) is 30.3 Å². The Labute approximate surface area is 124 Å². The van der Waals surface area contributed by atoms with Crippen LogP contribution in [-0.4, -0.2) is 28.2 Å². The first kappa shape index (κ1) is 13.8. The molecule has 1 fully saturated rings. The summed E-state index contributed by atoms with van der Waals surface area (Å²) in [6.07, 6.45) is 1.67. The second-order valence-electron chi connectivity index (χ2n) is 5.55.